The second kappa shape index (κ2) is 7.40. The first-order chi connectivity index (χ1) is 12.1. The zero-order valence-corrected chi connectivity index (χ0v) is 14.4. The fourth-order valence-corrected chi connectivity index (χ4v) is 3.71. The predicted molar refractivity (Wildman–Crippen MR) is 96.9 cm³/mol. The molecule has 1 N–H and O–H groups in total. The fraction of sp³-hybridized carbons (Fsp3) is 0.100. The Hall–Kier alpha value is -2.79. The Morgan fingerprint density at radius 3 is 2.36 bits per heavy atom. The number of hydrogen-bond donors (Lipinski definition) is 1. The molecule has 3 aromatic rings. The highest BCUT2D eigenvalue weighted by Gasteiger charge is 2.14. The molecule has 0 bridgehead atoms. The van der Waals surface area contributed by atoms with Crippen LogP contribution in [0.3, 0.4) is 0 Å². The maximum Gasteiger partial charge on any atom is 0.336 e. The zero-order valence-electron chi connectivity index (χ0n) is 13.6. The molecule has 0 spiro atoms. The first kappa shape index (κ1) is 17.0. The van der Waals surface area contributed by atoms with Crippen LogP contribution in [0.1, 0.15) is 22.8 Å². The van der Waals surface area contributed by atoms with E-state index in [1.807, 2.05) is 48.5 Å². The van der Waals surface area contributed by atoms with Crippen LogP contribution in [0, 0.1) is 0 Å². The fourth-order valence-electron chi connectivity index (χ4n) is 2.59. The highest BCUT2D eigenvalue weighted by molar-refractivity contribution is 7.99. The van der Waals surface area contributed by atoms with Gasteiger partial charge in [0.25, 0.3) is 0 Å². The van der Waals surface area contributed by atoms with Crippen molar-refractivity contribution < 1.29 is 19.4 Å². The van der Waals surface area contributed by atoms with Crippen molar-refractivity contribution in [1.82, 2.24) is 0 Å². The Kier molecular flexibility index (Phi) is 5.05. The summed E-state index contributed by atoms with van der Waals surface area (Å²) in [6, 6.07) is 18.6. The van der Waals surface area contributed by atoms with Crippen LogP contribution in [0.25, 0.3) is 10.8 Å². The molecule has 3 aromatic carbocycles. The van der Waals surface area contributed by atoms with Crippen LogP contribution in [0.15, 0.2) is 70.5 Å². The number of carboxylic acid groups (broad SMARTS) is 1. The number of aromatic carboxylic acids is 1. The minimum absolute atomic E-state index is 0.190. The van der Waals surface area contributed by atoms with E-state index in [0.29, 0.717) is 5.39 Å². The Bertz CT molecular complexity index is 944. The summed E-state index contributed by atoms with van der Waals surface area (Å²) in [5.74, 6) is -1.29. The van der Waals surface area contributed by atoms with Crippen molar-refractivity contribution in [2.75, 3.05) is 0 Å². The Morgan fingerprint density at radius 1 is 0.960 bits per heavy atom. The van der Waals surface area contributed by atoms with E-state index in [2.05, 4.69) is 0 Å². The summed E-state index contributed by atoms with van der Waals surface area (Å²) >= 11 is 1.47. The molecule has 3 rings (SSSR count). The molecule has 126 valence electrons. The van der Waals surface area contributed by atoms with Gasteiger partial charge >= 0.3 is 11.9 Å². The Morgan fingerprint density at radius 2 is 1.64 bits per heavy atom. The van der Waals surface area contributed by atoms with Gasteiger partial charge in [0.2, 0.25) is 0 Å². The van der Waals surface area contributed by atoms with Crippen molar-refractivity contribution in [1.29, 1.82) is 0 Å². The number of ether oxygens (including phenoxy) is 1. The third-order valence-electron chi connectivity index (χ3n) is 3.72. The van der Waals surface area contributed by atoms with Crippen LogP contribution in [-0.4, -0.2) is 17.0 Å². The summed E-state index contributed by atoms with van der Waals surface area (Å²) in [6.45, 7) is 1.56. The number of carboxylic acids is 1. The number of hydrogen-bond acceptors (Lipinski definition) is 4. The van der Waals surface area contributed by atoms with E-state index in [4.69, 9.17) is 4.74 Å². The highest BCUT2D eigenvalue weighted by atomic mass is 32.2. The van der Waals surface area contributed by atoms with Gasteiger partial charge in [0.05, 0.1) is 5.56 Å². The molecule has 0 saturated heterocycles. The SMILES string of the molecule is CC(=O)OCc1ccccc1Sc1cccc2cccc(C(=O)O)c12. The lowest BCUT2D eigenvalue weighted by Crippen LogP contribution is -2.00. The number of fused-ring (bicyclic) bond motifs is 1. The Labute approximate surface area is 149 Å². The molecule has 0 amide bonds. The van der Waals surface area contributed by atoms with Gasteiger partial charge in [0.1, 0.15) is 6.61 Å². The zero-order chi connectivity index (χ0) is 17.8. The Balaban J connectivity index is 2.05. The third kappa shape index (κ3) is 3.83. The first-order valence-electron chi connectivity index (χ1n) is 7.70. The molecule has 0 radical (unpaired) electrons. The maximum absolute atomic E-state index is 11.6. The molecule has 0 aliphatic heterocycles. The molecule has 0 aromatic heterocycles. The van der Waals surface area contributed by atoms with Crippen LogP contribution in [0.2, 0.25) is 0 Å². The van der Waals surface area contributed by atoms with E-state index in [1.165, 1.54) is 18.7 Å². The summed E-state index contributed by atoms with van der Waals surface area (Å²) in [6.07, 6.45) is 0. The van der Waals surface area contributed by atoms with Gasteiger partial charge in [-0.05, 0) is 23.6 Å². The molecular formula is C20H16O4S. The second-order valence-corrected chi connectivity index (χ2v) is 6.54. The van der Waals surface area contributed by atoms with Crippen LogP contribution in [-0.2, 0) is 16.1 Å². The molecule has 0 saturated carbocycles. The third-order valence-corrected chi connectivity index (χ3v) is 4.90. The summed E-state index contributed by atoms with van der Waals surface area (Å²) < 4.78 is 5.11. The predicted octanol–water partition coefficient (Wildman–Crippen LogP) is 4.75. The largest absolute Gasteiger partial charge is 0.478 e. The molecule has 0 aliphatic rings. The molecule has 0 unspecified atom stereocenters. The summed E-state index contributed by atoms with van der Waals surface area (Å²) in [4.78, 5) is 24.5. The molecule has 0 fully saturated rings. The van der Waals surface area contributed by atoms with Gasteiger partial charge in [-0.1, -0.05) is 54.2 Å². The van der Waals surface area contributed by atoms with Gasteiger partial charge in [-0.25, -0.2) is 4.79 Å². The van der Waals surface area contributed by atoms with E-state index < -0.39 is 5.97 Å². The highest BCUT2D eigenvalue weighted by Crippen LogP contribution is 2.37. The number of carbonyl (C=O) groups is 2. The summed E-state index contributed by atoms with van der Waals surface area (Å²) in [5, 5.41) is 11.1. The van der Waals surface area contributed by atoms with Crippen molar-refractivity contribution in [3.8, 4) is 0 Å². The molecule has 0 aliphatic carbocycles. The lowest BCUT2D eigenvalue weighted by Gasteiger charge is -2.12. The van der Waals surface area contributed by atoms with Crippen LogP contribution in [0.4, 0.5) is 0 Å². The average Bonchev–Trinajstić information content (AvgIpc) is 2.60. The van der Waals surface area contributed by atoms with Crippen molar-refractivity contribution >= 4 is 34.5 Å². The quantitative estimate of drug-likeness (QED) is 0.671. The standard InChI is InChI=1S/C20H16O4S/c1-13(21)24-12-15-6-2-3-10-17(15)25-18-11-5-8-14-7-4-9-16(19(14)18)20(22)23/h2-11H,12H2,1H3,(H,22,23). The van der Waals surface area contributed by atoms with E-state index in [-0.39, 0.29) is 18.1 Å². The molecule has 25 heavy (non-hydrogen) atoms. The lowest BCUT2D eigenvalue weighted by molar-refractivity contribution is -0.142. The van der Waals surface area contributed by atoms with E-state index in [1.54, 1.807) is 12.1 Å². The maximum atomic E-state index is 11.6. The van der Waals surface area contributed by atoms with E-state index >= 15 is 0 Å². The van der Waals surface area contributed by atoms with Crippen molar-refractivity contribution in [3.63, 3.8) is 0 Å². The van der Waals surface area contributed by atoms with Gasteiger partial charge in [-0.15, -0.1) is 0 Å². The number of rotatable bonds is 5. The van der Waals surface area contributed by atoms with Gasteiger partial charge in [-0.3, -0.25) is 4.79 Å². The monoisotopic (exact) mass is 352 g/mol. The van der Waals surface area contributed by atoms with Crippen LogP contribution >= 0.6 is 11.8 Å². The topological polar surface area (TPSA) is 63.6 Å². The average molecular weight is 352 g/mol. The van der Waals surface area contributed by atoms with E-state index in [0.717, 1.165) is 20.7 Å². The molecule has 4 nitrogen and oxygen atoms in total. The van der Waals surface area contributed by atoms with E-state index in [9.17, 15) is 14.7 Å². The smallest absolute Gasteiger partial charge is 0.336 e. The van der Waals surface area contributed by atoms with Gasteiger partial charge in [0.15, 0.2) is 0 Å². The number of esters is 1. The normalized spacial score (nSPS) is 10.6. The summed E-state index contributed by atoms with van der Waals surface area (Å²) in [5.41, 5.74) is 1.16. The van der Waals surface area contributed by atoms with Crippen LogP contribution in [0.5, 0.6) is 0 Å². The van der Waals surface area contributed by atoms with Gasteiger partial charge in [0, 0.05) is 27.7 Å². The van der Waals surface area contributed by atoms with Crippen molar-refractivity contribution in [2.45, 2.75) is 23.3 Å². The molecular weight excluding hydrogens is 336 g/mol. The first-order valence-corrected chi connectivity index (χ1v) is 8.52. The molecule has 0 heterocycles. The van der Waals surface area contributed by atoms with Gasteiger partial charge < -0.3 is 9.84 Å². The second-order valence-electron chi connectivity index (χ2n) is 5.46. The minimum atomic E-state index is -0.952. The lowest BCUT2D eigenvalue weighted by atomic mass is 10.0. The molecule has 0 atom stereocenters. The number of carbonyl (C=O) groups excluding carboxylic acids is 1. The minimum Gasteiger partial charge on any atom is -0.478 e. The summed E-state index contributed by atoms with van der Waals surface area (Å²) in [7, 11) is 0. The van der Waals surface area contributed by atoms with Crippen molar-refractivity contribution in [3.05, 3.63) is 71.8 Å². The molecule has 5 heteroatoms. The van der Waals surface area contributed by atoms with Gasteiger partial charge in [-0.2, -0.15) is 0 Å². The van der Waals surface area contributed by atoms with Crippen molar-refractivity contribution in [2.24, 2.45) is 0 Å². The number of benzene rings is 3. The van der Waals surface area contributed by atoms with Crippen LogP contribution < -0.4 is 0 Å².